The van der Waals surface area contributed by atoms with Crippen molar-refractivity contribution in [2.75, 3.05) is 0 Å². The van der Waals surface area contributed by atoms with Gasteiger partial charge in [-0.05, 0) is 13.8 Å². The number of hydrogen-bond acceptors (Lipinski definition) is 1. The highest BCUT2D eigenvalue weighted by Gasteiger charge is 1.62. The maximum absolute atomic E-state index is 9.44. The summed E-state index contributed by atoms with van der Waals surface area (Å²) in [5.74, 6) is 0.167. The highest BCUT2D eigenvalue weighted by Crippen LogP contribution is 1.50. The Hall–Kier alpha value is -0.330. The number of ketones is 1. The van der Waals surface area contributed by atoms with E-state index in [2.05, 4.69) is 0 Å². The third-order valence-electron chi connectivity index (χ3n) is 0. The lowest BCUT2D eigenvalue weighted by atomic mass is 11.5. The Morgan fingerprint density at radius 3 is 1.50 bits per heavy atom. The molecule has 4 heavy (non-hydrogen) atoms. The molecule has 0 rings (SSSR count). The third-order valence-corrected chi connectivity index (χ3v) is 0. The zero-order valence-corrected chi connectivity index (χ0v) is 2.91. The van der Waals surface area contributed by atoms with Crippen LogP contribution >= 0.6 is 0 Å². The molecule has 0 heterocycles. The van der Waals surface area contributed by atoms with Crippen LogP contribution in [-0.2, 0) is 4.79 Å². The van der Waals surface area contributed by atoms with Gasteiger partial charge in [-0.1, -0.05) is 0 Å². The highest BCUT2D eigenvalue weighted by molar-refractivity contribution is 5.72. The van der Waals surface area contributed by atoms with Gasteiger partial charge in [0.1, 0.15) is 5.78 Å². The molecule has 0 N–H and O–H groups in total. The Bertz CT molecular complexity index is 26.3. The quantitative estimate of drug-likeness (QED) is 0.375. The molecule has 0 bridgehead atoms. The molecule has 0 aromatic rings. The van der Waals surface area contributed by atoms with E-state index in [1.807, 2.05) is 0 Å². The number of carbonyl (C=O) groups is 1. The van der Waals surface area contributed by atoms with Crippen molar-refractivity contribution >= 4 is 5.78 Å². The van der Waals surface area contributed by atoms with Crippen molar-refractivity contribution < 1.29 is 4.79 Å². The van der Waals surface area contributed by atoms with E-state index in [0.29, 0.717) is 0 Å². The Balaban J connectivity index is 2.80. The topological polar surface area (TPSA) is 17.1 Å². The van der Waals surface area contributed by atoms with E-state index in [1.165, 1.54) is 13.8 Å². The van der Waals surface area contributed by atoms with Gasteiger partial charge in [-0.25, -0.2) is 0 Å². The SMILES string of the molecule is [13CH3][13C]([13CH3])=O. The Kier molecular flexibility index (Phi) is 0.958. The van der Waals surface area contributed by atoms with Crippen LogP contribution < -0.4 is 0 Å². The number of hydrogen-bond donors (Lipinski definition) is 0. The summed E-state index contributed by atoms with van der Waals surface area (Å²) in [6, 6.07) is 0. The zero-order valence-electron chi connectivity index (χ0n) is 2.91. The fraction of sp³-hybridized carbons (Fsp3) is 0.667. The first-order valence-corrected chi connectivity index (χ1v) is 1.20. The van der Waals surface area contributed by atoms with Crippen LogP contribution in [0, 0.1) is 0 Å². The summed E-state index contributed by atoms with van der Waals surface area (Å²) in [4.78, 5) is 9.44. The highest BCUT2D eigenvalue weighted by atomic mass is 16.2. The van der Waals surface area contributed by atoms with E-state index >= 15 is 0 Å². The van der Waals surface area contributed by atoms with Crippen molar-refractivity contribution in [1.82, 2.24) is 0 Å². The number of carbonyl (C=O) groups excluding carboxylic acids is 1. The summed E-state index contributed by atoms with van der Waals surface area (Å²) in [6.45, 7) is 3.06. The smallest absolute Gasteiger partial charge is 0.126 e. The molecule has 0 fully saturated rings. The van der Waals surface area contributed by atoms with Gasteiger partial charge in [0.05, 0.1) is 0 Å². The normalized spacial score (nSPS) is 6.50. The predicted octanol–water partition coefficient (Wildman–Crippen LogP) is 0.595. The van der Waals surface area contributed by atoms with E-state index in [4.69, 9.17) is 0 Å². The van der Waals surface area contributed by atoms with Crippen LogP contribution in [0.2, 0.25) is 0 Å². The van der Waals surface area contributed by atoms with Crippen LogP contribution in [0.3, 0.4) is 0 Å². The summed E-state index contributed by atoms with van der Waals surface area (Å²) >= 11 is 0. The Morgan fingerprint density at radius 2 is 1.50 bits per heavy atom. The minimum absolute atomic E-state index is 0.167. The molecule has 0 aliphatic heterocycles. The first kappa shape index (κ1) is 3.67. The second-order valence-electron chi connectivity index (χ2n) is 0.908. The molecule has 1 nitrogen and oxygen atoms in total. The molecule has 0 aromatic heterocycles. The van der Waals surface area contributed by atoms with E-state index in [0.717, 1.165) is 0 Å². The van der Waals surface area contributed by atoms with Crippen molar-refractivity contribution in [2.45, 2.75) is 13.8 Å². The summed E-state index contributed by atoms with van der Waals surface area (Å²) in [5, 5.41) is 0. The number of rotatable bonds is 0. The molecule has 0 radical (unpaired) electrons. The first-order chi connectivity index (χ1) is 1.73. The van der Waals surface area contributed by atoms with Crippen LogP contribution in [0.5, 0.6) is 0 Å². The maximum Gasteiger partial charge on any atom is 0.126 e. The molecule has 0 spiro atoms. The predicted molar refractivity (Wildman–Crippen MR) is 16.4 cm³/mol. The second-order valence-corrected chi connectivity index (χ2v) is 0.908. The molecule has 0 aromatic carbocycles. The van der Waals surface area contributed by atoms with Crippen LogP contribution in [0.15, 0.2) is 0 Å². The molecule has 0 saturated carbocycles. The molecule has 0 amide bonds. The molecular weight excluding hydrogens is 55.0 g/mol. The third kappa shape index (κ3) is 6.88. The van der Waals surface area contributed by atoms with Gasteiger partial charge in [0, 0.05) is 0 Å². The van der Waals surface area contributed by atoms with Crippen molar-refractivity contribution in [3.05, 3.63) is 0 Å². The van der Waals surface area contributed by atoms with Crippen molar-refractivity contribution in [3.8, 4) is 0 Å². The number of Topliss-reactive ketones (excluding diaryl/α,β-unsaturated/α-hetero) is 1. The van der Waals surface area contributed by atoms with E-state index in [1.54, 1.807) is 0 Å². The second kappa shape index (κ2) is 1.04. The fourth-order valence-electron chi connectivity index (χ4n) is 0. The van der Waals surface area contributed by atoms with E-state index in [-0.39, 0.29) is 5.78 Å². The standard InChI is InChI=1S/C3H6O/c1-3(2)4/h1-2H3/i1+1,2+1,3+1. The lowest BCUT2D eigenvalue weighted by Crippen LogP contribution is -1.69. The molecular formula is C3H6O. The van der Waals surface area contributed by atoms with E-state index < -0.39 is 0 Å². The maximum atomic E-state index is 9.44. The van der Waals surface area contributed by atoms with Gasteiger partial charge >= 0.3 is 0 Å². The van der Waals surface area contributed by atoms with Crippen molar-refractivity contribution in [3.63, 3.8) is 0 Å². The van der Waals surface area contributed by atoms with Crippen LogP contribution in [0.4, 0.5) is 0 Å². The molecule has 0 aliphatic carbocycles. The van der Waals surface area contributed by atoms with Gasteiger partial charge in [0.2, 0.25) is 0 Å². The minimum Gasteiger partial charge on any atom is -0.300 e. The summed E-state index contributed by atoms with van der Waals surface area (Å²) < 4.78 is 0. The fourth-order valence-corrected chi connectivity index (χ4v) is 0. The van der Waals surface area contributed by atoms with Crippen molar-refractivity contribution in [2.24, 2.45) is 0 Å². The largest absolute Gasteiger partial charge is 0.300 e. The molecule has 24 valence electrons. The van der Waals surface area contributed by atoms with Gasteiger partial charge < -0.3 is 4.79 Å². The Morgan fingerprint density at radius 1 is 1.50 bits per heavy atom. The molecule has 0 atom stereocenters. The molecule has 0 saturated heterocycles. The van der Waals surface area contributed by atoms with Gasteiger partial charge in [-0.3, -0.25) is 0 Å². The van der Waals surface area contributed by atoms with Crippen LogP contribution in [0.25, 0.3) is 0 Å². The summed E-state index contributed by atoms with van der Waals surface area (Å²) in [6.07, 6.45) is 0. The molecule has 0 unspecified atom stereocenters. The van der Waals surface area contributed by atoms with Crippen LogP contribution in [0.1, 0.15) is 13.8 Å². The summed E-state index contributed by atoms with van der Waals surface area (Å²) in [7, 11) is 0. The lowest BCUT2D eigenvalue weighted by Gasteiger charge is -1.56. The molecule has 1 heteroatoms. The molecule has 0 aliphatic rings. The van der Waals surface area contributed by atoms with Gasteiger partial charge in [0.25, 0.3) is 0 Å². The van der Waals surface area contributed by atoms with Gasteiger partial charge in [-0.2, -0.15) is 0 Å². The zero-order chi connectivity index (χ0) is 3.58. The summed E-state index contributed by atoms with van der Waals surface area (Å²) in [5.41, 5.74) is 0. The lowest BCUT2D eigenvalue weighted by molar-refractivity contribution is -0.114. The Labute approximate surface area is 25.6 Å². The monoisotopic (exact) mass is 61.1 g/mol. The minimum atomic E-state index is 0.167. The average Bonchev–Trinajstić information content (AvgIpc) is 0.811. The van der Waals surface area contributed by atoms with Crippen LogP contribution in [-0.4, -0.2) is 5.78 Å². The van der Waals surface area contributed by atoms with Gasteiger partial charge in [0.15, 0.2) is 0 Å². The average molecular weight is 61.1 g/mol. The van der Waals surface area contributed by atoms with Crippen molar-refractivity contribution in [1.29, 1.82) is 0 Å². The first-order valence-electron chi connectivity index (χ1n) is 1.20. The van der Waals surface area contributed by atoms with E-state index in [9.17, 15) is 4.79 Å². The van der Waals surface area contributed by atoms with Gasteiger partial charge in [-0.15, -0.1) is 0 Å².